The molecule has 0 aliphatic carbocycles. The SMILES string of the molecule is O=[C]Oc1ncc(Cl)cc1Cl. The van der Waals surface area contributed by atoms with E-state index in [1.54, 1.807) is 0 Å². The van der Waals surface area contributed by atoms with Crippen molar-refractivity contribution in [1.29, 1.82) is 0 Å². The van der Waals surface area contributed by atoms with E-state index in [9.17, 15) is 4.79 Å². The van der Waals surface area contributed by atoms with Gasteiger partial charge >= 0.3 is 6.47 Å². The molecule has 57 valence electrons. The molecule has 0 aromatic carbocycles. The molecule has 0 spiro atoms. The third-order valence-corrected chi connectivity index (χ3v) is 1.39. The summed E-state index contributed by atoms with van der Waals surface area (Å²) in [5, 5.41) is 0.564. The topological polar surface area (TPSA) is 39.2 Å². The first-order valence-corrected chi connectivity index (χ1v) is 3.34. The van der Waals surface area contributed by atoms with E-state index in [1.165, 1.54) is 18.7 Å². The summed E-state index contributed by atoms with van der Waals surface area (Å²) in [6.45, 7) is 1.20. The van der Waals surface area contributed by atoms with Crippen LogP contribution in [0.1, 0.15) is 0 Å². The van der Waals surface area contributed by atoms with Gasteiger partial charge in [-0.1, -0.05) is 23.2 Å². The molecule has 0 aliphatic rings. The van der Waals surface area contributed by atoms with Crippen molar-refractivity contribution < 1.29 is 9.53 Å². The van der Waals surface area contributed by atoms with Gasteiger partial charge in [-0.3, -0.25) is 0 Å². The van der Waals surface area contributed by atoms with Gasteiger partial charge in [0.2, 0.25) is 5.88 Å². The molecule has 1 radical (unpaired) electrons. The molecule has 0 atom stereocenters. The second-order valence-electron chi connectivity index (χ2n) is 1.63. The number of carbonyl (C=O) groups excluding carboxylic acids is 1. The minimum atomic E-state index is 0.00562. The number of halogens is 2. The molecular weight excluding hydrogens is 189 g/mol. The number of nitrogens with zero attached hydrogens (tertiary/aromatic N) is 1. The van der Waals surface area contributed by atoms with E-state index in [4.69, 9.17) is 23.2 Å². The predicted octanol–water partition coefficient (Wildman–Crippen LogP) is 1.83. The van der Waals surface area contributed by atoms with Gasteiger partial charge in [-0.2, -0.15) is 0 Å². The van der Waals surface area contributed by atoms with E-state index < -0.39 is 0 Å². The van der Waals surface area contributed by atoms with Crippen LogP contribution in [0, 0.1) is 0 Å². The highest BCUT2D eigenvalue weighted by Crippen LogP contribution is 2.23. The van der Waals surface area contributed by atoms with Gasteiger partial charge in [-0.15, -0.1) is 0 Å². The Labute approximate surface area is 72.9 Å². The summed E-state index contributed by atoms with van der Waals surface area (Å²) in [6.07, 6.45) is 1.32. The van der Waals surface area contributed by atoms with Gasteiger partial charge in [-0.05, 0) is 6.07 Å². The Bertz CT molecular complexity index is 277. The quantitative estimate of drug-likeness (QED) is 0.715. The normalized spacial score (nSPS) is 9.27. The first-order valence-electron chi connectivity index (χ1n) is 2.59. The Hall–Kier alpha value is -0.800. The van der Waals surface area contributed by atoms with Crippen molar-refractivity contribution in [3.05, 3.63) is 22.3 Å². The summed E-state index contributed by atoms with van der Waals surface area (Å²) in [6, 6.07) is 1.42. The zero-order valence-electron chi connectivity index (χ0n) is 5.17. The van der Waals surface area contributed by atoms with Crippen molar-refractivity contribution >= 4 is 29.7 Å². The van der Waals surface area contributed by atoms with E-state index >= 15 is 0 Å². The summed E-state index contributed by atoms with van der Waals surface area (Å²) in [5.74, 6) is 0.00562. The van der Waals surface area contributed by atoms with Crippen LogP contribution in [0.3, 0.4) is 0 Å². The fourth-order valence-electron chi connectivity index (χ4n) is 0.517. The number of rotatable bonds is 2. The average molecular weight is 191 g/mol. The second kappa shape index (κ2) is 3.55. The number of ether oxygens (including phenoxy) is 1. The van der Waals surface area contributed by atoms with Crippen LogP contribution in [0.2, 0.25) is 10.0 Å². The molecule has 1 rings (SSSR count). The summed E-state index contributed by atoms with van der Waals surface area (Å²) in [4.78, 5) is 13.4. The first-order chi connectivity index (χ1) is 5.24. The largest absolute Gasteiger partial charge is 0.424 e. The Kier molecular flexibility index (Phi) is 2.68. The summed E-state index contributed by atoms with van der Waals surface area (Å²) < 4.78 is 4.28. The van der Waals surface area contributed by atoms with E-state index in [2.05, 4.69) is 9.72 Å². The van der Waals surface area contributed by atoms with Crippen molar-refractivity contribution in [3.63, 3.8) is 0 Å². The second-order valence-corrected chi connectivity index (χ2v) is 2.47. The smallest absolute Gasteiger partial charge is 0.397 e. The van der Waals surface area contributed by atoms with E-state index in [1.807, 2.05) is 0 Å². The Morgan fingerprint density at radius 1 is 1.55 bits per heavy atom. The molecule has 0 bridgehead atoms. The van der Waals surface area contributed by atoms with Crippen LogP contribution in [-0.4, -0.2) is 11.5 Å². The fraction of sp³-hybridized carbons (Fsp3) is 0. The molecule has 0 N–H and O–H groups in total. The number of aromatic nitrogens is 1. The van der Waals surface area contributed by atoms with Gasteiger partial charge < -0.3 is 4.74 Å². The van der Waals surface area contributed by atoms with Crippen LogP contribution in [0.25, 0.3) is 0 Å². The van der Waals surface area contributed by atoms with Gasteiger partial charge in [0.1, 0.15) is 5.02 Å². The minimum absolute atomic E-state index is 0.00562. The molecule has 0 unspecified atom stereocenters. The predicted molar refractivity (Wildman–Crippen MR) is 40.6 cm³/mol. The average Bonchev–Trinajstić information content (AvgIpc) is 1.95. The maximum Gasteiger partial charge on any atom is 0.424 e. The standard InChI is InChI=1S/C6H2Cl2NO2/c7-4-1-5(8)6(9-2-4)11-3-10/h1-2H. The van der Waals surface area contributed by atoms with Crippen LogP contribution in [0.15, 0.2) is 12.3 Å². The molecule has 1 aromatic rings. The fourth-order valence-corrected chi connectivity index (χ4v) is 0.935. The Morgan fingerprint density at radius 2 is 2.27 bits per heavy atom. The van der Waals surface area contributed by atoms with Crippen LogP contribution in [0.5, 0.6) is 5.88 Å². The Balaban J connectivity index is 2.98. The van der Waals surface area contributed by atoms with Crippen molar-refractivity contribution in [1.82, 2.24) is 4.98 Å². The highest BCUT2D eigenvalue weighted by molar-refractivity contribution is 6.35. The van der Waals surface area contributed by atoms with Gasteiger partial charge in [0.05, 0.1) is 5.02 Å². The zero-order chi connectivity index (χ0) is 8.27. The van der Waals surface area contributed by atoms with Crippen LogP contribution >= 0.6 is 23.2 Å². The first kappa shape index (κ1) is 8.30. The summed E-state index contributed by atoms with van der Waals surface area (Å²) >= 11 is 11.1. The maximum absolute atomic E-state index is 9.73. The molecule has 0 saturated carbocycles. The molecule has 5 heteroatoms. The third kappa shape index (κ3) is 2.06. The molecule has 3 nitrogen and oxygen atoms in total. The third-order valence-electron chi connectivity index (χ3n) is 0.912. The molecule has 1 aromatic heterocycles. The number of hydrogen-bond donors (Lipinski definition) is 0. The lowest BCUT2D eigenvalue weighted by Gasteiger charge is -1.97. The van der Waals surface area contributed by atoms with Crippen molar-refractivity contribution in [2.24, 2.45) is 0 Å². The highest BCUT2D eigenvalue weighted by atomic mass is 35.5. The van der Waals surface area contributed by atoms with Crippen LogP contribution < -0.4 is 4.74 Å². The van der Waals surface area contributed by atoms with Gasteiger partial charge in [0.15, 0.2) is 0 Å². The zero-order valence-corrected chi connectivity index (χ0v) is 6.69. The lowest BCUT2D eigenvalue weighted by Crippen LogP contribution is -1.91. The van der Waals surface area contributed by atoms with Crippen molar-refractivity contribution in [2.45, 2.75) is 0 Å². The Morgan fingerprint density at radius 3 is 2.82 bits per heavy atom. The molecule has 0 fully saturated rings. The summed E-state index contributed by atoms with van der Waals surface area (Å²) in [5.41, 5.74) is 0. The molecule has 0 amide bonds. The summed E-state index contributed by atoms with van der Waals surface area (Å²) in [7, 11) is 0. The van der Waals surface area contributed by atoms with E-state index in [0.29, 0.717) is 5.02 Å². The van der Waals surface area contributed by atoms with Crippen molar-refractivity contribution in [3.8, 4) is 5.88 Å². The van der Waals surface area contributed by atoms with Gasteiger partial charge in [0, 0.05) is 6.20 Å². The molecule has 0 aliphatic heterocycles. The lowest BCUT2D eigenvalue weighted by molar-refractivity contribution is 0.433. The van der Waals surface area contributed by atoms with Crippen LogP contribution in [-0.2, 0) is 4.79 Å². The van der Waals surface area contributed by atoms with Gasteiger partial charge in [-0.25, -0.2) is 9.78 Å². The maximum atomic E-state index is 9.73. The highest BCUT2D eigenvalue weighted by Gasteiger charge is 2.02. The molecule has 0 saturated heterocycles. The van der Waals surface area contributed by atoms with Gasteiger partial charge in [0.25, 0.3) is 0 Å². The minimum Gasteiger partial charge on any atom is -0.397 e. The number of pyridine rings is 1. The van der Waals surface area contributed by atoms with Crippen LogP contribution in [0.4, 0.5) is 0 Å². The lowest BCUT2D eigenvalue weighted by atomic mass is 10.5. The monoisotopic (exact) mass is 190 g/mol. The molecule has 11 heavy (non-hydrogen) atoms. The van der Waals surface area contributed by atoms with E-state index in [-0.39, 0.29) is 10.9 Å². The number of hydrogen-bond acceptors (Lipinski definition) is 3. The van der Waals surface area contributed by atoms with E-state index in [0.717, 1.165) is 0 Å². The molecule has 1 heterocycles. The molecular formula is C6H2Cl2NO2. The van der Waals surface area contributed by atoms with Crippen molar-refractivity contribution in [2.75, 3.05) is 0 Å².